The number of rotatable bonds is 4. The number of hydrogen-bond donors (Lipinski definition) is 0. The maximum atomic E-state index is 12.9. The zero-order valence-electron chi connectivity index (χ0n) is 15.8. The van der Waals surface area contributed by atoms with Gasteiger partial charge in [-0.3, -0.25) is 9.48 Å². The van der Waals surface area contributed by atoms with Gasteiger partial charge in [0, 0.05) is 24.3 Å². The molecular formula is C21H24F3N3O. The molecule has 1 saturated heterocycles. The molecule has 0 unspecified atom stereocenters. The largest absolute Gasteiger partial charge is 0.394 e. The number of benzene rings is 1. The molecule has 2 aromatic rings. The van der Waals surface area contributed by atoms with E-state index in [1.54, 1.807) is 4.68 Å². The van der Waals surface area contributed by atoms with Crippen LogP contribution in [-0.2, 0) is 25.8 Å². The quantitative estimate of drug-likeness (QED) is 0.785. The van der Waals surface area contributed by atoms with E-state index in [1.165, 1.54) is 0 Å². The van der Waals surface area contributed by atoms with Crippen LogP contribution in [0, 0.1) is 0 Å². The maximum Gasteiger partial charge on any atom is 0.394 e. The van der Waals surface area contributed by atoms with E-state index < -0.39 is 12.6 Å². The Hall–Kier alpha value is -2.31. The first-order valence-corrected chi connectivity index (χ1v) is 9.93. The maximum absolute atomic E-state index is 12.9. The number of amides is 1. The van der Waals surface area contributed by atoms with E-state index in [0.29, 0.717) is 18.5 Å². The van der Waals surface area contributed by atoms with Gasteiger partial charge in [-0.1, -0.05) is 12.1 Å². The highest BCUT2D eigenvalue weighted by molar-refractivity contribution is 5.94. The van der Waals surface area contributed by atoms with E-state index in [0.717, 1.165) is 62.0 Å². The summed E-state index contributed by atoms with van der Waals surface area (Å²) in [5.41, 5.74) is 3.48. The standard InChI is InChI=1S/C21H24F3N3O/c22-21(23,24)13-18-17-5-1-2-6-19(17)27(25-18)14-15-7-9-16(10-8-15)20(28)26-11-3-4-12-26/h7-10H,1-6,11-14H2. The summed E-state index contributed by atoms with van der Waals surface area (Å²) in [5, 5.41) is 4.31. The Morgan fingerprint density at radius 1 is 1.00 bits per heavy atom. The van der Waals surface area contributed by atoms with Crippen LogP contribution in [0.1, 0.15) is 58.6 Å². The molecule has 150 valence electrons. The zero-order chi connectivity index (χ0) is 19.7. The molecule has 1 aliphatic heterocycles. The molecular weight excluding hydrogens is 367 g/mol. The van der Waals surface area contributed by atoms with Gasteiger partial charge in [-0.2, -0.15) is 18.3 Å². The highest BCUT2D eigenvalue weighted by Crippen LogP contribution is 2.30. The molecule has 0 bridgehead atoms. The van der Waals surface area contributed by atoms with E-state index in [-0.39, 0.29) is 11.6 Å². The average molecular weight is 391 g/mol. The van der Waals surface area contributed by atoms with Crippen LogP contribution in [0.3, 0.4) is 0 Å². The highest BCUT2D eigenvalue weighted by atomic mass is 19.4. The first-order chi connectivity index (χ1) is 13.4. The lowest BCUT2D eigenvalue weighted by molar-refractivity contribution is -0.128. The van der Waals surface area contributed by atoms with Crippen molar-refractivity contribution in [2.45, 2.75) is 57.7 Å². The number of nitrogens with zero attached hydrogens (tertiary/aromatic N) is 3. The summed E-state index contributed by atoms with van der Waals surface area (Å²) < 4.78 is 40.5. The molecule has 0 saturated carbocycles. The second-order valence-electron chi connectivity index (χ2n) is 7.72. The predicted octanol–water partition coefficient (Wildman–Crippen LogP) is 4.15. The van der Waals surface area contributed by atoms with Crippen molar-refractivity contribution in [1.82, 2.24) is 14.7 Å². The zero-order valence-corrected chi connectivity index (χ0v) is 15.8. The molecule has 1 aliphatic carbocycles. The van der Waals surface area contributed by atoms with Crippen LogP contribution in [0.25, 0.3) is 0 Å². The van der Waals surface area contributed by atoms with Crippen molar-refractivity contribution in [2.24, 2.45) is 0 Å². The van der Waals surface area contributed by atoms with Crippen molar-refractivity contribution >= 4 is 5.91 Å². The van der Waals surface area contributed by atoms with Gasteiger partial charge >= 0.3 is 6.18 Å². The summed E-state index contributed by atoms with van der Waals surface area (Å²) in [6, 6.07) is 7.37. The van der Waals surface area contributed by atoms with Gasteiger partial charge in [-0.25, -0.2) is 0 Å². The normalized spacial score (nSPS) is 17.0. The van der Waals surface area contributed by atoms with Gasteiger partial charge in [0.15, 0.2) is 0 Å². The Balaban J connectivity index is 1.53. The van der Waals surface area contributed by atoms with Crippen LogP contribution in [0.4, 0.5) is 13.2 Å². The molecule has 1 amide bonds. The first kappa shape index (κ1) is 19.0. The molecule has 4 nitrogen and oxygen atoms in total. The number of aromatic nitrogens is 2. The van der Waals surface area contributed by atoms with Crippen molar-refractivity contribution in [3.63, 3.8) is 0 Å². The lowest BCUT2D eigenvalue weighted by Gasteiger charge is -2.16. The van der Waals surface area contributed by atoms with Crippen molar-refractivity contribution in [3.05, 3.63) is 52.3 Å². The number of halogens is 3. The molecule has 0 radical (unpaired) electrons. The smallest absolute Gasteiger partial charge is 0.339 e. The van der Waals surface area contributed by atoms with E-state index >= 15 is 0 Å². The monoisotopic (exact) mass is 391 g/mol. The number of alkyl halides is 3. The third-order valence-electron chi connectivity index (χ3n) is 5.63. The molecule has 2 aliphatic rings. The summed E-state index contributed by atoms with van der Waals surface area (Å²) in [4.78, 5) is 14.3. The predicted molar refractivity (Wildman–Crippen MR) is 99.3 cm³/mol. The summed E-state index contributed by atoms with van der Waals surface area (Å²) in [7, 11) is 0. The lowest BCUT2D eigenvalue weighted by Crippen LogP contribution is -2.27. The van der Waals surface area contributed by atoms with Crippen LogP contribution in [0.5, 0.6) is 0 Å². The minimum atomic E-state index is -4.25. The number of fused-ring (bicyclic) bond motifs is 1. The van der Waals surface area contributed by atoms with Gasteiger partial charge in [0.1, 0.15) is 0 Å². The molecule has 28 heavy (non-hydrogen) atoms. The number of carbonyl (C=O) groups excluding carboxylic acids is 1. The number of carbonyl (C=O) groups is 1. The van der Waals surface area contributed by atoms with E-state index in [1.807, 2.05) is 29.2 Å². The van der Waals surface area contributed by atoms with Gasteiger partial charge in [-0.15, -0.1) is 0 Å². The summed E-state index contributed by atoms with van der Waals surface area (Å²) in [5.74, 6) is 0.0491. The second kappa shape index (κ2) is 7.60. The molecule has 2 heterocycles. The molecule has 0 N–H and O–H groups in total. The fourth-order valence-electron chi connectivity index (χ4n) is 4.24. The van der Waals surface area contributed by atoms with Crippen LogP contribution < -0.4 is 0 Å². The minimum absolute atomic E-state index is 0.0491. The summed E-state index contributed by atoms with van der Waals surface area (Å²) in [6.45, 7) is 2.04. The molecule has 0 spiro atoms. The topological polar surface area (TPSA) is 38.1 Å². The van der Waals surface area contributed by atoms with Crippen LogP contribution in [0.15, 0.2) is 24.3 Å². The van der Waals surface area contributed by atoms with Gasteiger partial charge in [0.05, 0.1) is 18.7 Å². The second-order valence-corrected chi connectivity index (χ2v) is 7.72. The van der Waals surface area contributed by atoms with Gasteiger partial charge < -0.3 is 4.90 Å². The van der Waals surface area contributed by atoms with Crippen molar-refractivity contribution in [3.8, 4) is 0 Å². The van der Waals surface area contributed by atoms with E-state index in [2.05, 4.69) is 5.10 Å². The van der Waals surface area contributed by atoms with Crippen molar-refractivity contribution < 1.29 is 18.0 Å². The number of hydrogen-bond acceptors (Lipinski definition) is 2. The Bertz CT molecular complexity index is 849. The first-order valence-electron chi connectivity index (χ1n) is 9.93. The molecule has 1 fully saturated rings. The van der Waals surface area contributed by atoms with Crippen LogP contribution in [-0.4, -0.2) is 39.9 Å². The Morgan fingerprint density at radius 2 is 1.68 bits per heavy atom. The minimum Gasteiger partial charge on any atom is -0.339 e. The lowest BCUT2D eigenvalue weighted by atomic mass is 9.94. The Kier molecular flexibility index (Phi) is 5.17. The van der Waals surface area contributed by atoms with Gasteiger partial charge in [0.25, 0.3) is 5.91 Å². The molecule has 7 heteroatoms. The van der Waals surface area contributed by atoms with E-state index in [4.69, 9.17) is 0 Å². The van der Waals surface area contributed by atoms with E-state index in [9.17, 15) is 18.0 Å². The highest BCUT2D eigenvalue weighted by Gasteiger charge is 2.32. The molecule has 0 atom stereocenters. The SMILES string of the molecule is O=C(c1ccc(Cn2nc(CC(F)(F)F)c3c2CCCC3)cc1)N1CCCC1. The fraction of sp³-hybridized carbons (Fsp3) is 0.524. The third kappa shape index (κ3) is 4.08. The van der Waals surface area contributed by atoms with Crippen LogP contribution in [0.2, 0.25) is 0 Å². The Morgan fingerprint density at radius 3 is 2.36 bits per heavy atom. The fourth-order valence-corrected chi connectivity index (χ4v) is 4.24. The molecule has 1 aromatic heterocycles. The van der Waals surface area contributed by atoms with Crippen molar-refractivity contribution in [2.75, 3.05) is 13.1 Å². The van der Waals surface area contributed by atoms with Gasteiger partial charge in [-0.05, 0) is 61.8 Å². The van der Waals surface area contributed by atoms with Crippen LogP contribution >= 0.6 is 0 Å². The number of likely N-dealkylation sites (tertiary alicyclic amines) is 1. The van der Waals surface area contributed by atoms with Gasteiger partial charge in [0.2, 0.25) is 0 Å². The average Bonchev–Trinajstić information content (AvgIpc) is 3.30. The molecule has 1 aromatic carbocycles. The Labute approximate surface area is 162 Å². The summed E-state index contributed by atoms with van der Waals surface area (Å²) in [6.07, 6.45) is 0.219. The van der Waals surface area contributed by atoms with Crippen molar-refractivity contribution in [1.29, 1.82) is 0 Å². The third-order valence-corrected chi connectivity index (χ3v) is 5.63. The molecule has 4 rings (SSSR count). The summed E-state index contributed by atoms with van der Waals surface area (Å²) >= 11 is 0.